The van der Waals surface area contributed by atoms with Crippen molar-refractivity contribution in [1.29, 1.82) is 0 Å². The van der Waals surface area contributed by atoms with Crippen LogP contribution in [0.1, 0.15) is 21.7 Å². The number of ether oxygens (including phenoxy) is 1. The van der Waals surface area contributed by atoms with Crippen molar-refractivity contribution in [2.75, 3.05) is 18.5 Å². The number of amides is 1. The Hall–Kier alpha value is -2.32. The number of nitrogens with two attached hydrogens (primary N) is 1. The summed E-state index contributed by atoms with van der Waals surface area (Å²) in [5.74, 6) is 0.0650. The summed E-state index contributed by atoms with van der Waals surface area (Å²) in [7, 11) is 0. The van der Waals surface area contributed by atoms with Crippen LogP contribution in [0.2, 0.25) is 0 Å². The van der Waals surface area contributed by atoms with Gasteiger partial charge in [-0.05, 0) is 43.3 Å². The molecule has 1 aromatic carbocycles. The molecule has 9 heteroatoms. The summed E-state index contributed by atoms with van der Waals surface area (Å²) in [6.45, 7) is 2.12. The van der Waals surface area contributed by atoms with E-state index >= 15 is 0 Å². The molecule has 25 heavy (non-hydrogen) atoms. The van der Waals surface area contributed by atoms with E-state index < -0.39 is 17.8 Å². The number of hydrogen-bond acceptors (Lipinski definition) is 4. The third kappa shape index (κ3) is 5.61. The second-order valence-electron chi connectivity index (χ2n) is 4.94. The highest BCUT2D eigenvalue weighted by Gasteiger charge is 2.33. The van der Waals surface area contributed by atoms with E-state index in [2.05, 4.69) is 10.3 Å². The Balaban J connectivity index is 0.00000312. The van der Waals surface area contributed by atoms with E-state index in [1.165, 1.54) is 6.92 Å². The topological polar surface area (TPSA) is 77.2 Å². The van der Waals surface area contributed by atoms with Crippen LogP contribution in [-0.2, 0) is 6.18 Å². The van der Waals surface area contributed by atoms with Gasteiger partial charge < -0.3 is 15.8 Å². The number of aromatic nitrogens is 1. The van der Waals surface area contributed by atoms with E-state index in [4.69, 9.17) is 10.5 Å². The van der Waals surface area contributed by atoms with Gasteiger partial charge in [0.1, 0.15) is 18.1 Å². The van der Waals surface area contributed by atoms with Gasteiger partial charge in [-0.2, -0.15) is 13.2 Å². The van der Waals surface area contributed by atoms with Gasteiger partial charge in [-0.3, -0.25) is 4.79 Å². The number of carbonyl (C=O) groups excluding carboxylic acids is 1. The lowest BCUT2D eigenvalue weighted by atomic mass is 10.1. The van der Waals surface area contributed by atoms with Gasteiger partial charge >= 0.3 is 6.18 Å². The largest absolute Gasteiger partial charge is 0.492 e. The fraction of sp³-hybridized carbons (Fsp3) is 0.250. The molecule has 0 bridgehead atoms. The third-order valence-electron chi connectivity index (χ3n) is 3.12. The van der Waals surface area contributed by atoms with Gasteiger partial charge in [0.25, 0.3) is 5.91 Å². The molecule has 0 spiro atoms. The molecule has 0 atom stereocenters. The molecule has 0 aliphatic heterocycles. The SMILES string of the molecule is Cc1nc(C(F)(F)F)ccc1C(=O)Nc1ccc(OCCN)cc1.Cl. The van der Waals surface area contributed by atoms with Crippen LogP contribution in [0.5, 0.6) is 5.75 Å². The van der Waals surface area contributed by atoms with Gasteiger partial charge in [0, 0.05) is 12.2 Å². The van der Waals surface area contributed by atoms with Gasteiger partial charge in [-0.1, -0.05) is 0 Å². The number of aryl methyl sites for hydroxylation is 1. The van der Waals surface area contributed by atoms with E-state index in [1.807, 2.05) is 0 Å². The summed E-state index contributed by atoms with van der Waals surface area (Å²) in [6, 6.07) is 8.45. The van der Waals surface area contributed by atoms with Crippen molar-refractivity contribution in [2.45, 2.75) is 13.1 Å². The second kappa shape index (κ2) is 8.68. The number of nitrogens with zero attached hydrogens (tertiary/aromatic N) is 1. The quantitative estimate of drug-likeness (QED) is 0.839. The molecule has 0 unspecified atom stereocenters. The summed E-state index contributed by atoms with van der Waals surface area (Å²) >= 11 is 0. The number of nitrogens with one attached hydrogen (secondary N) is 1. The molecule has 1 heterocycles. The van der Waals surface area contributed by atoms with Crippen LogP contribution in [0.3, 0.4) is 0 Å². The first-order valence-electron chi connectivity index (χ1n) is 7.10. The predicted molar refractivity (Wildman–Crippen MR) is 90.2 cm³/mol. The molecule has 1 amide bonds. The Morgan fingerprint density at radius 1 is 1.20 bits per heavy atom. The van der Waals surface area contributed by atoms with Crippen LogP contribution in [0, 0.1) is 6.92 Å². The number of anilines is 1. The first-order chi connectivity index (χ1) is 11.3. The Morgan fingerprint density at radius 2 is 1.84 bits per heavy atom. The minimum absolute atomic E-state index is 0. The summed E-state index contributed by atoms with van der Waals surface area (Å²) in [6.07, 6.45) is -4.54. The van der Waals surface area contributed by atoms with Gasteiger partial charge in [0.15, 0.2) is 0 Å². The van der Waals surface area contributed by atoms with Crippen molar-refractivity contribution in [2.24, 2.45) is 5.73 Å². The fourth-order valence-electron chi connectivity index (χ4n) is 1.97. The summed E-state index contributed by atoms with van der Waals surface area (Å²) in [5.41, 5.74) is 4.87. The van der Waals surface area contributed by atoms with Gasteiger partial charge in [0.05, 0.1) is 11.3 Å². The van der Waals surface area contributed by atoms with Crippen molar-refractivity contribution in [3.63, 3.8) is 0 Å². The Kier molecular flexibility index (Phi) is 7.20. The fourth-order valence-corrected chi connectivity index (χ4v) is 1.97. The number of alkyl halides is 3. The lowest BCUT2D eigenvalue weighted by Gasteiger charge is -2.11. The van der Waals surface area contributed by atoms with Gasteiger partial charge in [0.2, 0.25) is 0 Å². The normalized spacial score (nSPS) is 10.8. The Bertz CT molecular complexity index is 722. The van der Waals surface area contributed by atoms with Crippen LogP contribution in [0.15, 0.2) is 36.4 Å². The maximum absolute atomic E-state index is 12.6. The average molecular weight is 376 g/mol. The van der Waals surface area contributed by atoms with Crippen LogP contribution in [0.4, 0.5) is 18.9 Å². The van der Waals surface area contributed by atoms with Crippen molar-refractivity contribution in [1.82, 2.24) is 4.98 Å². The highest BCUT2D eigenvalue weighted by Crippen LogP contribution is 2.28. The Labute approximate surface area is 148 Å². The predicted octanol–water partition coefficient (Wildman–Crippen LogP) is 3.42. The first-order valence-corrected chi connectivity index (χ1v) is 7.10. The first kappa shape index (κ1) is 20.7. The number of carbonyl (C=O) groups is 1. The summed E-state index contributed by atoms with van der Waals surface area (Å²) < 4.78 is 43.1. The second-order valence-corrected chi connectivity index (χ2v) is 4.94. The van der Waals surface area contributed by atoms with Crippen molar-refractivity contribution >= 4 is 24.0 Å². The highest BCUT2D eigenvalue weighted by molar-refractivity contribution is 6.05. The zero-order valence-electron chi connectivity index (χ0n) is 13.3. The van der Waals surface area contributed by atoms with Gasteiger partial charge in [-0.25, -0.2) is 4.98 Å². The van der Waals surface area contributed by atoms with Crippen LogP contribution >= 0.6 is 12.4 Å². The maximum Gasteiger partial charge on any atom is 0.433 e. The highest BCUT2D eigenvalue weighted by atomic mass is 35.5. The van der Waals surface area contributed by atoms with E-state index in [9.17, 15) is 18.0 Å². The smallest absolute Gasteiger partial charge is 0.433 e. The standard InChI is InChI=1S/C16H16F3N3O2.ClH/c1-10-13(6-7-14(21-10)16(17,18)19)15(23)22-11-2-4-12(5-3-11)24-9-8-20;/h2-7H,8-9,20H2,1H3,(H,22,23);1H. The third-order valence-corrected chi connectivity index (χ3v) is 3.12. The number of pyridine rings is 1. The van der Waals surface area contributed by atoms with Crippen LogP contribution in [0.25, 0.3) is 0 Å². The molecule has 5 nitrogen and oxygen atoms in total. The minimum atomic E-state index is -4.54. The van der Waals surface area contributed by atoms with E-state index in [-0.39, 0.29) is 23.7 Å². The van der Waals surface area contributed by atoms with Crippen molar-refractivity contribution < 1.29 is 22.7 Å². The van der Waals surface area contributed by atoms with Gasteiger partial charge in [-0.15, -0.1) is 12.4 Å². The molecule has 2 rings (SSSR count). The number of benzene rings is 1. The van der Waals surface area contributed by atoms with E-state index in [1.54, 1.807) is 24.3 Å². The van der Waals surface area contributed by atoms with Crippen molar-refractivity contribution in [3.05, 3.63) is 53.3 Å². The molecule has 0 aliphatic carbocycles. The molecular weight excluding hydrogens is 359 g/mol. The monoisotopic (exact) mass is 375 g/mol. The van der Waals surface area contributed by atoms with Crippen LogP contribution in [-0.4, -0.2) is 24.0 Å². The van der Waals surface area contributed by atoms with Crippen LogP contribution < -0.4 is 15.8 Å². The van der Waals surface area contributed by atoms with E-state index in [0.29, 0.717) is 24.6 Å². The molecule has 0 saturated heterocycles. The molecule has 0 fully saturated rings. The molecule has 136 valence electrons. The molecule has 2 aromatic rings. The molecule has 3 N–H and O–H groups in total. The maximum atomic E-state index is 12.6. The number of rotatable bonds is 5. The zero-order valence-corrected chi connectivity index (χ0v) is 14.1. The average Bonchev–Trinajstić information content (AvgIpc) is 2.53. The lowest BCUT2D eigenvalue weighted by Crippen LogP contribution is -2.16. The molecule has 1 aromatic heterocycles. The van der Waals surface area contributed by atoms with Crippen molar-refractivity contribution in [3.8, 4) is 5.75 Å². The molecular formula is C16H17ClF3N3O2. The van der Waals surface area contributed by atoms with E-state index in [0.717, 1.165) is 12.1 Å². The molecule has 0 aliphatic rings. The minimum Gasteiger partial charge on any atom is -0.492 e. The number of hydrogen-bond donors (Lipinski definition) is 2. The zero-order chi connectivity index (χ0) is 17.7. The molecule has 0 radical (unpaired) electrons. The summed E-state index contributed by atoms with van der Waals surface area (Å²) in [5, 5.41) is 2.60. The molecule has 0 saturated carbocycles. The Morgan fingerprint density at radius 3 is 2.36 bits per heavy atom. The summed E-state index contributed by atoms with van der Waals surface area (Å²) in [4.78, 5) is 15.6. The number of halogens is 4. The lowest BCUT2D eigenvalue weighted by molar-refractivity contribution is -0.141.